The van der Waals surface area contributed by atoms with Crippen molar-refractivity contribution in [2.24, 2.45) is 7.05 Å². The van der Waals surface area contributed by atoms with Crippen LogP contribution in [-0.2, 0) is 18.4 Å². The smallest absolute Gasteiger partial charge is 0.226 e. The predicted molar refractivity (Wildman–Crippen MR) is 93.6 cm³/mol. The molecule has 1 N–H and O–H groups in total. The SMILES string of the molecule is Cc1nn(C)c(Cl)c1C1CC(=O)Nc2c1cnn2Cc1cccnc1. The van der Waals surface area contributed by atoms with Gasteiger partial charge in [-0.2, -0.15) is 10.2 Å². The highest BCUT2D eigenvalue weighted by Crippen LogP contribution is 2.41. The van der Waals surface area contributed by atoms with E-state index >= 15 is 0 Å². The second-order valence-electron chi connectivity index (χ2n) is 6.19. The van der Waals surface area contributed by atoms with E-state index in [0.29, 0.717) is 23.9 Å². The summed E-state index contributed by atoms with van der Waals surface area (Å²) in [4.78, 5) is 16.4. The van der Waals surface area contributed by atoms with Gasteiger partial charge in [-0.25, -0.2) is 4.68 Å². The first-order valence-corrected chi connectivity index (χ1v) is 8.36. The molecule has 8 heteroatoms. The Morgan fingerprint density at radius 2 is 2.24 bits per heavy atom. The summed E-state index contributed by atoms with van der Waals surface area (Å²) < 4.78 is 3.43. The normalized spacial score (nSPS) is 16.6. The molecule has 1 amide bonds. The Labute approximate surface area is 149 Å². The van der Waals surface area contributed by atoms with Gasteiger partial charge < -0.3 is 5.32 Å². The maximum absolute atomic E-state index is 12.3. The molecule has 0 saturated carbocycles. The number of aryl methyl sites for hydroxylation is 2. The van der Waals surface area contributed by atoms with Crippen LogP contribution in [-0.4, -0.2) is 30.5 Å². The largest absolute Gasteiger partial charge is 0.311 e. The minimum Gasteiger partial charge on any atom is -0.311 e. The van der Waals surface area contributed by atoms with Gasteiger partial charge in [-0.3, -0.25) is 14.5 Å². The number of aromatic nitrogens is 5. The van der Waals surface area contributed by atoms with Crippen LogP contribution in [0.1, 0.15) is 34.7 Å². The van der Waals surface area contributed by atoms with Crippen LogP contribution in [0.5, 0.6) is 0 Å². The van der Waals surface area contributed by atoms with E-state index in [0.717, 1.165) is 22.4 Å². The zero-order valence-corrected chi connectivity index (χ0v) is 14.7. The highest BCUT2D eigenvalue weighted by Gasteiger charge is 2.33. The Hall–Kier alpha value is -2.67. The molecule has 4 rings (SSSR count). The van der Waals surface area contributed by atoms with Crippen LogP contribution in [0.3, 0.4) is 0 Å². The van der Waals surface area contributed by atoms with E-state index in [1.54, 1.807) is 35.0 Å². The topological polar surface area (TPSA) is 77.6 Å². The monoisotopic (exact) mass is 356 g/mol. The van der Waals surface area contributed by atoms with Crippen LogP contribution in [0.4, 0.5) is 5.82 Å². The van der Waals surface area contributed by atoms with Crippen LogP contribution in [0.2, 0.25) is 5.15 Å². The number of nitrogens with zero attached hydrogens (tertiary/aromatic N) is 5. The maximum atomic E-state index is 12.3. The highest BCUT2D eigenvalue weighted by molar-refractivity contribution is 6.30. The molecular weight excluding hydrogens is 340 g/mol. The average Bonchev–Trinajstić information content (AvgIpc) is 3.09. The van der Waals surface area contributed by atoms with Crippen LogP contribution in [0.25, 0.3) is 0 Å². The molecule has 0 fully saturated rings. The van der Waals surface area contributed by atoms with Crippen LogP contribution in [0, 0.1) is 6.92 Å². The number of nitrogens with one attached hydrogen (secondary N) is 1. The van der Waals surface area contributed by atoms with Gasteiger partial charge >= 0.3 is 0 Å². The number of amides is 1. The molecule has 25 heavy (non-hydrogen) atoms. The fourth-order valence-corrected chi connectivity index (χ4v) is 3.66. The standard InChI is InChI=1S/C17H17ClN6O/c1-10-15(16(18)23(2)22-10)12-6-14(25)21-17-13(12)8-20-24(17)9-11-4-3-5-19-7-11/h3-5,7-8,12H,6,9H2,1-2H3,(H,21,25). The molecule has 3 aromatic heterocycles. The Balaban J connectivity index is 1.76. The van der Waals surface area contributed by atoms with Gasteiger partial charge in [0.05, 0.1) is 18.4 Å². The third-order valence-corrected chi connectivity index (χ3v) is 4.94. The number of carbonyl (C=O) groups is 1. The molecule has 0 aromatic carbocycles. The minimum atomic E-state index is -0.146. The number of rotatable bonds is 3. The molecular formula is C17H17ClN6O. The predicted octanol–water partition coefficient (Wildman–Crippen LogP) is 2.50. The van der Waals surface area contributed by atoms with Crippen LogP contribution >= 0.6 is 11.6 Å². The number of carbonyl (C=O) groups excluding carboxylic acids is 1. The summed E-state index contributed by atoms with van der Waals surface area (Å²) in [5, 5.41) is 12.4. The summed E-state index contributed by atoms with van der Waals surface area (Å²) in [5.41, 5.74) is 3.70. The fourth-order valence-electron chi connectivity index (χ4n) is 3.35. The van der Waals surface area contributed by atoms with Gasteiger partial charge in [0, 0.05) is 42.9 Å². The first-order valence-electron chi connectivity index (χ1n) is 7.98. The van der Waals surface area contributed by atoms with Crippen molar-refractivity contribution in [2.45, 2.75) is 25.8 Å². The van der Waals surface area contributed by atoms with Crippen molar-refractivity contribution in [1.82, 2.24) is 24.5 Å². The number of anilines is 1. The van der Waals surface area contributed by atoms with Crippen molar-refractivity contribution in [3.63, 3.8) is 0 Å². The summed E-state index contributed by atoms with van der Waals surface area (Å²) in [5.74, 6) is 0.516. The van der Waals surface area contributed by atoms with E-state index in [9.17, 15) is 4.79 Å². The van der Waals surface area contributed by atoms with Gasteiger partial charge in [0.2, 0.25) is 5.91 Å². The Morgan fingerprint density at radius 3 is 2.92 bits per heavy atom. The van der Waals surface area contributed by atoms with Crippen LogP contribution < -0.4 is 5.32 Å². The van der Waals surface area contributed by atoms with E-state index in [2.05, 4.69) is 20.5 Å². The lowest BCUT2D eigenvalue weighted by atomic mass is 9.87. The number of hydrogen-bond donors (Lipinski definition) is 1. The molecule has 0 spiro atoms. The lowest BCUT2D eigenvalue weighted by Crippen LogP contribution is -2.25. The molecule has 1 atom stereocenters. The number of halogens is 1. The van der Waals surface area contributed by atoms with Crippen molar-refractivity contribution in [1.29, 1.82) is 0 Å². The number of hydrogen-bond acceptors (Lipinski definition) is 4. The third kappa shape index (κ3) is 2.70. The molecule has 1 aliphatic heterocycles. The van der Waals surface area contributed by atoms with E-state index < -0.39 is 0 Å². The molecule has 7 nitrogen and oxygen atoms in total. The van der Waals surface area contributed by atoms with E-state index in [4.69, 9.17) is 11.6 Å². The zero-order valence-electron chi connectivity index (χ0n) is 13.9. The first-order chi connectivity index (χ1) is 12.0. The molecule has 1 unspecified atom stereocenters. The summed E-state index contributed by atoms with van der Waals surface area (Å²) in [6.45, 7) is 2.45. The van der Waals surface area contributed by atoms with Gasteiger partial charge in [0.1, 0.15) is 11.0 Å². The highest BCUT2D eigenvalue weighted by atomic mass is 35.5. The van der Waals surface area contributed by atoms with Gasteiger partial charge in [-0.15, -0.1) is 0 Å². The van der Waals surface area contributed by atoms with Crippen molar-refractivity contribution in [3.05, 3.63) is 58.3 Å². The molecule has 0 radical (unpaired) electrons. The van der Waals surface area contributed by atoms with E-state index in [1.807, 2.05) is 19.1 Å². The number of pyridine rings is 1. The van der Waals surface area contributed by atoms with Gasteiger partial charge in [0.25, 0.3) is 0 Å². The second kappa shape index (κ2) is 6.00. The lowest BCUT2D eigenvalue weighted by molar-refractivity contribution is -0.116. The molecule has 0 saturated heterocycles. The van der Waals surface area contributed by atoms with Gasteiger partial charge in [-0.05, 0) is 18.6 Å². The average molecular weight is 357 g/mol. The van der Waals surface area contributed by atoms with Crippen molar-refractivity contribution in [2.75, 3.05) is 5.32 Å². The maximum Gasteiger partial charge on any atom is 0.226 e. The lowest BCUT2D eigenvalue weighted by Gasteiger charge is -2.23. The molecule has 128 valence electrons. The van der Waals surface area contributed by atoms with Crippen LogP contribution in [0.15, 0.2) is 30.7 Å². The van der Waals surface area contributed by atoms with Crippen molar-refractivity contribution in [3.8, 4) is 0 Å². The fraction of sp³-hybridized carbons (Fsp3) is 0.294. The molecule has 0 aliphatic carbocycles. The Morgan fingerprint density at radius 1 is 1.40 bits per heavy atom. The number of fused-ring (bicyclic) bond motifs is 1. The Bertz CT molecular complexity index is 946. The van der Waals surface area contributed by atoms with E-state index in [-0.39, 0.29) is 11.8 Å². The minimum absolute atomic E-state index is 0.0512. The van der Waals surface area contributed by atoms with Gasteiger partial charge in [0.15, 0.2) is 0 Å². The zero-order chi connectivity index (χ0) is 17.6. The summed E-state index contributed by atoms with van der Waals surface area (Å²) in [6, 6.07) is 3.86. The third-order valence-electron chi connectivity index (χ3n) is 4.49. The summed E-state index contributed by atoms with van der Waals surface area (Å²) in [6.07, 6.45) is 5.65. The van der Waals surface area contributed by atoms with Crippen molar-refractivity contribution < 1.29 is 4.79 Å². The second-order valence-corrected chi connectivity index (χ2v) is 6.54. The summed E-state index contributed by atoms with van der Waals surface area (Å²) in [7, 11) is 1.80. The molecule has 4 heterocycles. The Kier molecular flexibility index (Phi) is 3.80. The van der Waals surface area contributed by atoms with Gasteiger partial charge in [-0.1, -0.05) is 17.7 Å². The van der Waals surface area contributed by atoms with E-state index in [1.165, 1.54) is 0 Å². The quantitative estimate of drug-likeness (QED) is 0.782. The first kappa shape index (κ1) is 15.8. The van der Waals surface area contributed by atoms with Crippen molar-refractivity contribution >= 4 is 23.3 Å². The summed E-state index contributed by atoms with van der Waals surface area (Å²) >= 11 is 6.43. The molecule has 0 bridgehead atoms. The molecule has 3 aromatic rings. The molecule has 1 aliphatic rings.